The van der Waals surface area contributed by atoms with E-state index < -0.39 is 35.9 Å². The Hall–Kier alpha value is -3.75. The van der Waals surface area contributed by atoms with Crippen molar-refractivity contribution < 1.29 is 36.2 Å². The normalized spacial score (nSPS) is 17.6. The SMILES string of the molecule is CC(C)COC(=O)C1CC(c2c(F)cccc2F)=NC1c1ccc(-c2ccc(OC(F)(F)F)cc2)cc1. The van der Waals surface area contributed by atoms with Crippen LogP contribution in [0.4, 0.5) is 22.0 Å². The molecule has 0 bridgehead atoms. The summed E-state index contributed by atoms with van der Waals surface area (Å²) in [6.07, 6.45) is -4.76. The quantitative estimate of drug-likeness (QED) is 0.244. The molecule has 3 aromatic rings. The Morgan fingerprint density at radius 3 is 2.05 bits per heavy atom. The van der Waals surface area contributed by atoms with E-state index in [-0.39, 0.29) is 36.0 Å². The summed E-state index contributed by atoms with van der Waals surface area (Å²) >= 11 is 0. The first-order chi connectivity index (χ1) is 17.5. The molecule has 2 unspecified atom stereocenters. The van der Waals surface area contributed by atoms with E-state index >= 15 is 0 Å². The molecule has 194 valence electrons. The Balaban J connectivity index is 1.61. The van der Waals surface area contributed by atoms with Gasteiger partial charge in [0.25, 0.3) is 0 Å². The van der Waals surface area contributed by atoms with Gasteiger partial charge in [0.05, 0.1) is 24.1 Å². The van der Waals surface area contributed by atoms with Crippen LogP contribution in [-0.4, -0.2) is 24.7 Å². The summed E-state index contributed by atoms with van der Waals surface area (Å²) in [5.74, 6) is -3.01. The lowest BCUT2D eigenvalue weighted by atomic mass is 9.90. The molecule has 4 nitrogen and oxygen atoms in total. The number of aliphatic imine (C=N–C) groups is 1. The zero-order valence-corrected chi connectivity index (χ0v) is 20.1. The topological polar surface area (TPSA) is 47.9 Å². The Morgan fingerprint density at radius 2 is 1.51 bits per heavy atom. The van der Waals surface area contributed by atoms with E-state index in [2.05, 4.69) is 9.73 Å². The van der Waals surface area contributed by atoms with Crippen LogP contribution in [0, 0.1) is 23.5 Å². The summed E-state index contributed by atoms with van der Waals surface area (Å²) in [5.41, 5.74) is 1.89. The summed E-state index contributed by atoms with van der Waals surface area (Å²) in [4.78, 5) is 17.5. The lowest BCUT2D eigenvalue weighted by Gasteiger charge is -2.18. The molecule has 3 aromatic carbocycles. The van der Waals surface area contributed by atoms with Crippen molar-refractivity contribution in [2.24, 2.45) is 16.8 Å². The zero-order valence-electron chi connectivity index (χ0n) is 20.1. The van der Waals surface area contributed by atoms with Gasteiger partial charge in [-0.3, -0.25) is 9.79 Å². The second-order valence-electron chi connectivity index (χ2n) is 9.15. The maximum atomic E-state index is 14.5. The third-order valence-corrected chi connectivity index (χ3v) is 5.88. The fourth-order valence-electron chi connectivity index (χ4n) is 4.17. The predicted octanol–water partition coefficient (Wildman–Crippen LogP) is 7.28. The van der Waals surface area contributed by atoms with Crippen molar-refractivity contribution >= 4 is 11.7 Å². The summed E-state index contributed by atoms with van der Waals surface area (Å²) in [5, 5.41) is 0. The molecule has 0 aromatic heterocycles. The molecular weight excluding hydrogens is 493 g/mol. The monoisotopic (exact) mass is 517 g/mol. The number of hydrogen-bond acceptors (Lipinski definition) is 4. The van der Waals surface area contributed by atoms with E-state index in [1.807, 2.05) is 13.8 Å². The molecule has 37 heavy (non-hydrogen) atoms. The molecule has 0 saturated carbocycles. The molecule has 0 amide bonds. The molecule has 0 saturated heterocycles. The first-order valence-electron chi connectivity index (χ1n) is 11.7. The summed E-state index contributed by atoms with van der Waals surface area (Å²) in [7, 11) is 0. The van der Waals surface area contributed by atoms with Crippen molar-refractivity contribution in [3.8, 4) is 16.9 Å². The molecule has 2 atom stereocenters. The van der Waals surface area contributed by atoms with Crippen molar-refractivity contribution in [2.75, 3.05) is 6.61 Å². The molecule has 0 aliphatic carbocycles. The van der Waals surface area contributed by atoms with Crippen molar-refractivity contribution in [2.45, 2.75) is 32.7 Å². The van der Waals surface area contributed by atoms with Crippen molar-refractivity contribution in [3.63, 3.8) is 0 Å². The van der Waals surface area contributed by atoms with Gasteiger partial charge in [0.2, 0.25) is 0 Å². The Bertz CT molecular complexity index is 1260. The highest BCUT2D eigenvalue weighted by atomic mass is 19.4. The van der Waals surface area contributed by atoms with Gasteiger partial charge in [0, 0.05) is 12.1 Å². The lowest BCUT2D eigenvalue weighted by molar-refractivity contribution is -0.274. The molecule has 1 heterocycles. The van der Waals surface area contributed by atoms with E-state index in [1.165, 1.54) is 30.3 Å². The van der Waals surface area contributed by atoms with Gasteiger partial charge in [0.1, 0.15) is 17.4 Å². The van der Waals surface area contributed by atoms with Crippen LogP contribution in [0.1, 0.15) is 37.4 Å². The van der Waals surface area contributed by atoms with Crippen molar-refractivity contribution in [1.82, 2.24) is 0 Å². The van der Waals surface area contributed by atoms with Crippen LogP contribution in [0.15, 0.2) is 71.7 Å². The first kappa shape index (κ1) is 26.3. The highest BCUT2D eigenvalue weighted by molar-refractivity contribution is 6.04. The minimum atomic E-state index is -4.78. The number of rotatable bonds is 7. The smallest absolute Gasteiger partial charge is 0.465 e. The van der Waals surface area contributed by atoms with Gasteiger partial charge in [-0.1, -0.05) is 56.3 Å². The third-order valence-electron chi connectivity index (χ3n) is 5.88. The third kappa shape index (κ3) is 6.34. The van der Waals surface area contributed by atoms with Crippen LogP contribution in [0.2, 0.25) is 0 Å². The number of alkyl halides is 3. The van der Waals surface area contributed by atoms with Crippen molar-refractivity contribution in [3.05, 3.63) is 89.5 Å². The molecule has 0 spiro atoms. The molecule has 0 N–H and O–H groups in total. The molecule has 0 radical (unpaired) electrons. The number of halogens is 5. The second kappa shape index (κ2) is 10.7. The summed E-state index contributed by atoms with van der Waals surface area (Å²) < 4.78 is 75.5. The highest BCUT2D eigenvalue weighted by Crippen LogP contribution is 2.39. The average molecular weight is 517 g/mol. The zero-order chi connectivity index (χ0) is 26.7. The minimum Gasteiger partial charge on any atom is -0.465 e. The average Bonchev–Trinajstić information content (AvgIpc) is 3.27. The van der Waals surface area contributed by atoms with Crippen LogP contribution in [-0.2, 0) is 9.53 Å². The molecule has 1 aliphatic rings. The van der Waals surface area contributed by atoms with Crippen LogP contribution >= 0.6 is 0 Å². The predicted molar refractivity (Wildman–Crippen MR) is 128 cm³/mol. The van der Waals surface area contributed by atoms with E-state index in [0.29, 0.717) is 16.7 Å². The Kier molecular flexibility index (Phi) is 7.61. The van der Waals surface area contributed by atoms with Gasteiger partial charge >= 0.3 is 12.3 Å². The number of nitrogens with zero attached hydrogens (tertiary/aromatic N) is 1. The Morgan fingerprint density at radius 1 is 0.946 bits per heavy atom. The molecule has 9 heteroatoms. The Labute approximate surface area is 210 Å². The van der Waals surface area contributed by atoms with Gasteiger partial charge in [-0.15, -0.1) is 13.2 Å². The molecule has 4 rings (SSSR count). The van der Waals surface area contributed by atoms with Crippen LogP contribution in [0.5, 0.6) is 5.75 Å². The van der Waals surface area contributed by atoms with Gasteiger partial charge in [0.15, 0.2) is 0 Å². The van der Waals surface area contributed by atoms with E-state index in [9.17, 15) is 26.7 Å². The lowest BCUT2D eigenvalue weighted by Crippen LogP contribution is -2.23. The van der Waals surface area contributed by atoms with Crippen molar-refractivity contribution in [1.29, 1.82) is 0 Å². The molecule has 1 aliphatic heterocycles. The number of hydrogen-bond donors (Lipinski definition) is 0. The van der Waals surface area contributed by atoms with Crippen LogP contribution < -0.4 is 4.74 Å². The largest absolute Gasteiger partial charge is 0.573 e. The highest BCUT2D eigenvalue weighted by Gasteiger charge is 2.39. The number of ether oxygens (including phenoxy) is 2. The molecule has 0 fully saturated rings. The fourth-order valence-corrected chi connectivity index (χ4v) is 4.17. The minimum absolute atomic E-state index is 0.0157. The van der Waals surface area contributed by atoms with E-state index in [0.717, 1.165) is 12.1 Å². The van der Waals surface area contributed by atoms with Gasteiger partial charge in [-0.25, -0.2) is 8.78 Å². The second-order valence-corrected chi connectivity index (χ2v) is 9.15. The van der Waals surface area contributed by atoms with Crippen LogP contribution in [0.3, 0.4) is 0 Å². The number of esters is 1. The molecular formula is C28H24F5NO3. The van der Waals surface area contributed by atoms with Crippen LogP contribution in [0.25, 0.3) is 11.1 Å². The van der Waals surface area contributed by atoms with Gasteiger partial charge in [-0.2, -0.15) is 0 Å². The standard InChI is InChI=1S/C28H24F5NO3/c1-16(2)15-36-27(35)21-14-24(25-22(29)4-3-5-23(25)30)34-26(21)19-8-6-17(7-9-19)18-10-12-20(13-11-18)37-28(31,32)33/h3-13,16,21,26H,14-15H2,1-2H3. The maximum absolute atomic E-state index is 14.5. The number of carbonyl (C=O) groups is 1. The van der Waals surface area contributed by atoms with Gasteiger partial charge in [-0.05, 0) is 46.9 Å². The van der Waals surface area contributed by atoms with E-state index in [1.54, 1.807) is 24.3 Å². The van der Waals surface area contributed by atoms with Gasteiger partial charge < -0.3 is 9.47 Å². The number of benzene rings is 3. The summed E-state index contributed by atoms with van der Waals surface area (Å²) in [6, 6.07) is 15.2. The maximum Gasteiger partial charge on any atom is 0.573 e. The van der Waals surface area contributed by atoms with E-state index in [4.69, 9.17) is 4.74 Å². The summed E-state index contributed by atoms with van der Waals surface area (Å²) in [6.45, 7) is 4.01. The number of carbonyl (C=O) groups excluding carboxylic acids is 1. The fraction of sp³-hybridized carbons (Fsp3) is 0.286. The first-order valence-corrected chi connectivity index (χ1v) is 11.7.